The van der Waals surface area contributed by atoms with Gasteiger partial charge in [-0.1, -0.05) is 37.6 Å². The van der Waals surface area contributed by atoms with E-state index >= 15 is 0 Å². The predicted molar refractivity (Wildman–Crippen MR) is 68.3 cm³/mol. The van der Waals surface area contributed by atoms with Crippen LogP contribution in [0.2, 0.25) is 0 Å². The standard InChI is InChI=1S/C15H18F2O/c1-2-3-4-12-5-7-13(8-6-12)14-9-10-15(16,17)18-11-14/h5-8,11H,2-4,9-10H2,1H3. The van der Waals surface area contributed by atoms with Gasteiger partial charge in [-0.3, -0.25) is 0 Å². The van der Waals surface area contributed by atoms with Crippen molar-refractivity contribution >= 4 is 5.57 Å². The highest BCUT2D eigenvalue weighted by Crippen LogP contribution is 2.34. The van der Waals surface area contributed by atoms with Gasteiger partial charge in [0.1, 0.15) is 0 Å². The second kappa shape index (κ2) is 5.51. The molecule has 0 amide bonds. The van der Waals surface area contributed by atoms with E-state index in [1.807, 2.05) is 12.1 Å². The Bertz CT molecular complexity index is 421. The molecule has 0 radical (unpaired) electrons. The van der Waals surface area contributed by atoms with Gasteiger partial charge in [0.25, 0.3) is 0 Å². The number of benzene rings is 1. The number of rotatable bonds is 4. The van der Waals surface area contributed by atoms with Crippen molar-refractivity contribution in [3.8, 4) is 0 Å². The van der Waals surface area contributed by atoms with Crippen LogP contribution in [-0.4, -0.2) is 6.11 Å². The molecule has 2 rings (SSSR count). The Labute approximate surface area is 106 Å². The molecule has 0 fully saturated rings. The van der Waals surface area contributed by atoms with Crippen LogP contribution < -0.4 is 0 Å². The monoisotopic (exact) mass is 252 g/mol. The number of alkyl halides is 2. The van der Waals surface area contributed by atoms with Gasteiger partial charge in [-0.15, -0.1) is 0 Å². The average molecular weight is 252 g/mol. The summed E-state index contributed by atoms with van der Waals surface area (Å²) in [5.41, 5.74) is 3.12. The van der Waals surface area contributed by atoms with Gasteiger partial charge in [0, 0.05) is 0 Å². The van der Waals surface area contributed by atoms with Gasteiger partial charge in [-0.2, -0.15) is 8.78 Å². The van der Waals surface area contributed by atoms with Crippen LogP contribution in [0.4, 0.5) is 8.78 Å². The molecule has 0 spiro atoms. The molecule has 1 heterocycles. The second-order valence-corrected chi connectivity index (χ2v) is 4.70. The first kappa shape index (κ1) is 13.1. The van der Waals surface area contributed by atoms with E-state index in [2.05, 4.69) is 23.8 Å². The normalized spacial score (nSPS) is 18.1. The number of hydrogen-bond acceptors (Lipinski definition) is 1. The van der Waals surface area contributed by atoms with Gasteiger partial charge in [0.05, 0.1) is 12.7 Å². The number of halogens is 2. The van der Waals surface area contributed by atoms with Crippen LogP contribution in [0, 0.1) is 0 Å². The minimum absolute atomic E-state index is 0.240. The molecular formula is C15H18F2O. The van der Waals surface area contributed by atoms with Gasteiger partial charge in [0.15, 0.2) is 0 Å². The highest BCUT2D eigenvalue weighted by atomic mass is 19.3. The Kier molecular flexibility index (Phi) is 4.00. The lowest BCUT2D eigenvalue weighted by Crippen LogP contribution is -2.21. The number of ether oxygens (including phenoxy) is 1. The molecule has 0 aliphatic carbocycles. The molecule has 0 aromatic heterocycles. The van der Waals surface area contributed by atoms with Crippen molar-refractivity contribution in [2.24, 2.45) is 0 Å². The van der Waals surface area contributed by atoms with Crippen LogP contribution >= 0.6 is 0 Å². The van der Waals surface area contributed by atoms with Crippen LogP contribution in [0.3, 0.4) is 0 Å². The molecule has 0 saturated heterocycles. The highest BCUT2D eigenvalue weighted by Gasteiger charge is 2.33. The topological polar surface area (TPSA) is 9.23 Å². The highest BCUT2D eigenvalue weighted by molar-refractivity contribution is 5.65. The van der Waals surface area contributed by atoms with Gasteiger partial charge in [0.2, 0.25) is 0 Å². The molecule has 0 N–H and O–H groups in total. The van der Waals surface area contributed by atoms with Crippen LogP contribution in [0.25, 0.3) is 5.57 Å². The molecule has 18 heavy (non-hydrogen) atoms. The minimum Gasteiger partial charge on any atom is -0.440 e. The number of allylic oxidation sites excluding steroid dienone is 1. The van der Waals surface area contributed by atoms with E-state index in [1.165, 1.54) is 24.7 Å². The summed E-state index contributed by atoms with van der Waals surface area (Å²) in [7, 11) is 0. The third-order valence-electron chi connectivity index (χ3n) is 3.20. The fourth-order valence-electron chi connectivity index (χ4n) is 2.03. The quantitative estimate of drug-likeness (QED) is 0.749. The van der Waals surface area contributed by atoms with E-state index in [-0.39, 0.29) is 6.42 Å². The van der Waals surface area contributed by atoms with Crippen LogP contribution in [0.15, 0.2) is 30.5 Å². The zero-order valence-electron chi connectivity index (χ0n) is 10.6. The molecule has 1 aliphatic heterocycles. The smallest absolute Gasteiger partial charge is 0.397 e. The maximum atomic E-state index is 12.8. The first-order valence-electron chi connectivity index (χ1n) is 6.45. The average Bonchev–Trinajstić information content (AvgIpc) is 2.37. The molecule has 3 heteroatoms. The second-order valence-electron chi connectivity index (χ2n) is 4.70. The largest absolute Gasteiger partial charge is 0.440 e. The Balaban J connectivity index is 2.04. The summed E-state index contributed by atoms with van der Waals surface area (Å²) in [5, 5.41) is 0. The molecule has 98 valence electrons. The zero-order chi connectivity index (χ0) is 13.0. The molecular weight excluding hydrogens is 234 g/mol. The zero-order valence-corrected chi connectivity index (χ0v) is 10.6. The first-order valence-corrected chi connectivity index (χ1v) is 6.45. The van der Waals surface area contributed by atoms with E-state index in [1.54, 1.807) is 0 Å². The Hall–Kier alpha value is -1.38. The van der Waals surface area contributed by atoms with Crippen molar-refractivity contribution in [2.75, 3.05) is 0 Å². The maximum Gasteiger partial charge on any atom is 0.397 e. The van der Waals surface area contributed by atoms with Crippen molar-refractivity contribution in [3.63, 3.8) is 0 Å². The summed E-state index contributed by atoms with van der Waals surface area (Å²) in [4.78, 5) is 0. The summed E-state index contributed by atoms with van der Waals surface area (Å²) < 4.78 is 30.1. The van der Waals surface area contributed by atoms with Gasteiger partial charge < -0.3 is 4.74 Å². The number of aryl methyl sites for hydroxylation is 1. The van der Waals surface area contributed by atoms with E-state index < -0.39 is 6.11 Å². The number of hydrogen-bond donors (Lipinski definition) is 0. The van der Waals surface area contributed by atoms with E-state index in [0.29, 0.717) is 6.42 Å². The molecule has 0 saturated carbocycles. The van der Waals surface area contributed by atoms with Crippen LogP contribution in [0.1, 0.15) is 43.7 Å². The third-order valence-corrected chi connectivity index (χ3v) is 3.20. The van der Waals surface area contributed by atoms with Gasteiger partial charge >= 0.3 is 6.11 Å². The van der Waals surface area contributed by atoms with Crippen molar-refractivity contribution in [1.82, 2.24) is 0 Å². The maximum absolute atomic E-state index is 12.8. The summed E-state index contributed by atoms with van der Waals surface area (Å²) in [5.74, 6) is 0. The SMILES string of the molecule is CCCCc1ccc(C2=COC(F)(F)CC2)cc1. The molecule has 1 aromatic carbocycles. The molecule has 1 nitrogen and oxygen atoms in total. The molecule has 0 atom stereocenters. The Morgan fingerprint density at radius 1 is 1.22 bits per heavy atom. The minimum atomic E-state index is -3.00. The van der Waals surface area contributed by atoms with E-state index in [4.69, 9.17) is 0 Å². The van der Waals surface area contributed by atoms with Crippen molar-refractivity contribution < 1.29 is 13.5 Å². The summed E-state index contributed by atoms with van der Waals surface area (Å²) in [6.07, 6.45) is 1.75. The lowest BCUT2D eigenvalue weighted by molar-refractivity contribution is -0.211. The molecule has 1 aliphatic rings. The summed E-state index contributed by atoms with van der Waals surface area (Å²) >= 11 is 0. The van der Waals surface area contributed by atoms with E-state index in [9.17, 15) is 8.78 Å². The molecule has 0 bridgehead atoms. The van der Waals surface area contributed by atoms with E-state index in [0.717, 1.165) is 17.6 Å². The predicted octanol–water partition coefficient (Wildman–Crippen LogP) is 4.77. The third kappa shape index (κ3) is 3.31. The Morgan fingerprint density at radius 2 is 1.94 bits per heavy atom. The summed E-state index contributed by atoms with van der Waals surface area (Å²) in [6.45, 7) is 2.17. The van der Waals surface area contributed by atoms with Gasteiger partial charge in [-0.05, 0) is 36.0 Å². The first-order chi connectivity index (χ1) is 8.61. The lowest BCUT2D eigenvalue weighted by Gasteiger charge is -2.22. The fourth-order valence-corrected chi connectivity index (χ4v) is 2.03. The molecule has 0 unspecified atom stereocenters. The summed E-state index contributed by atoms with van der Waals surface area (Å²) in [6, 6.07) is 8.12. The van der Waals surface area contributed by atoms with Crippen molar-refractivity contribution in [2.45, 2.75) is 45.1 Å². The number of unbranched alkanes of at least 4 members (excludes halogenated alkanes) is 1. The Morgan fingerprint density at radius 3 is 2.50 bits per heavy atom. The van der Waals surface area contributed by atoms with Crippen LogP contribution in [0.5, 0.6) is 0 Å². The van der Waals surface area contributed by atoms with Crippen molar-refractivity contribution in [1.29, 1.82) is 0 Å². The molecule has 1 aromatic rings. The van der Waals surface area contributed by atoms with Gasteiger partial charge in [-0.25, -0.2) is 0 Å². The lowest BCUT2D eigenvalue weighted by atomic mass is 9.98. The van der Waals surface area contributed by atoms with Crippen molar-refractivity contribution in [3.05, 3.63) is 41.7 Å². The fraction of sp³-hybridized carbons (Fsp3) is 0.467. The van der Waals surface area contributed by atoms with Crippen LogP contribution in [-0.2, 0) is 11.2 Å².